The van der Waals surface area contributed by atoms with E-state index in [1.54, 1.807) is 13.8 Å². The zero-order valence-electron chi connectivity index (χ0n) is 35.5. The summed E-state index contributed by atoms with van der Waals surface area (Å²) in [5.74, 6) is 1.92. The van der Waals surface area contributed by atoms with E-state index in [0.717, 1.165) is 45.1 Å². The molecule has 14 heteroatoms. The Morgan fingerprint density at radius 2 is 1.66 bits per heavy atom. The fraction of sp³-hybridized carbons (Fsp3) is 0.932. The van der Waals surface area contributed by atoms with Gasteiger partial charge in [-0.15, -0.1) is 0 Å². The molecule has 0 aromatic heterocycles. The van der Waals surface area contributed by atoms with Gasteiger partial charge < -0.3 is 64.4 Å². The molecule has 58 heavy (non-hydrogen) atoms. The average molecular weight is 822 g/mol. The Labute approximate surface area is 343 Å². The van der Waals surface area contributed by atoms with Gasteiger partial charge in [0.2, 0.25) is 0 Å². The van der Waals surface area contributed by atoms with Gasteiger partial charge in [0, 0.05) is 12.3 Å². The van der Waals surface area contributed by atoms with Crippen molar-refractivity contribution in [1.82, 2.24) is 0 Å². The number of nitrogens with two attached hydrogens (primary N) is 1. The molecule has 0 aromatic rings. The standard InChI is InChI=1S/C44H71NO13/c1-20(2)32(45)39(51)52-19-30-34(47)36(49)38(57-40-37(50)35(48)33(46)23(5)54-40)41(56-30)55-25-11-13-42(6)24(16-25)8-9-26-27(42)12-14-43(7)28(26)17-29-31(43)22(4)44(58-29)15-10-21(3)18-53-44/h8,20-23,25-38,40-41,46-50H,9-19,45H2,1-7H3/t21-,22+,23?,25+,26-,27+,28+,29+,30?,31+,32+,33+,34-,35?,36?,37?,38+,40+,41-,42+,43+,44-/m1/s1. The Morgan fingerprint density at radius 3 is 2.36 bits per heavy atom. The first-order valence-electron chi connectivity index (χ1n) is 22.3. The number of hydrogen-bond donors (Lipinski definition) is 6. The summed E-state index contributed by atoms with van der Waals surface area (Å²) in [4.78, 5) is 12.6. The van der Waals surface area contributed by atoms with Crippen LogP contribution in [-0.2, 0) is 38.0 Å². The van der Waals surface area contributed by atoms with Gasteiger partial charge in [0.25, 0.3) is 0 Å². The van der Waals surface area contributed by atoms with Gasteiger partial charge in [-0.3, -0.25) is 4.79 Å². The number of fused-ring (bicyclic) bond motifs is 7. The van der Waals surface area contributed by atoms with Gasteiger partial charge in [0.1, 0.15) is 55.4 Å². The van der Waals surface area contributed by atoms with E-state index in [1.807, 2.05) is 0 Å². The van der Waals surface area contributed by atoms with Crippen molar-refractivity contribution in [1.29, 1.82) is 0 Å². The molecule has 3 saturated carbocycles. The van der Waals surface area contributed by atoms with Crippen LogP contribution in [0.4, 0.5) is 0 Å². The SMILES string of the molecule is CC1O[C@@H](O[C@H]2C(O)[C@H](O)C(COC(=O)[C@@H](N)C(C)C)O[C@H]2O[C@H]2CC[C@@]3(C)C(=CC[C@H]4[C@@H]5C[C@@H]6O[C@]7(CC[C@@H](C)CO7)[C@@H](C)[C@@H]6[C@@]5(C)CC[C@@H]43)C2)C(O)C(O)[C@H]1O. The molecule has 330 valence electrons. The van der Waals surface area contributed by atoms with Crippen molar-refractivity contribution in [3.8, 4) is 0 Å². The third-order valence-corrected chi connectivity index (χ3v) is 16.8. The topological polar surface area (TPSA) is 209 Å². The summed E-state index contributed by atoms with van der Waals surface area (Å²) in [5, 5.41) is 54.3. The van der Waals surface area contributed by atoms with Gasteiger partial charge in [-0.1, -0.05) is 53.2 Å². The van der Waals surface area contributed by atoms with Gasteiger partial charge in [0.15, 0.2) is 18.4 Å². The number of rotatable bonds is 8. The molecule has 22 atom stereocenters. The largest absolute Gasteiger partial charge is 0.462 e. The van der Waals surface area contributed by atoms with Crippen molar-refractivity contribution < 1.29 is 63.5 Å². The summed E-state index contributed by atoms with van der Waals surface area (Å²) >= 11 is 0. The normalized spacial score (nSPS) is 53.3. The van der Waals surface area contributed by atoms with Gasteiger partial charge in [-0.05, 0) is 105 Å². The molecular formula is C44H71NO13. The van der Waals surface area contributed by atoms with Gasteiger partial charge >= 0.3 is 5.97 Å². The Bertz CT molecular complexity index is 1520. The molecule has 4 aliphatic heterocycles. The molecule has 4 saturated heterocycles. The zero-order valence-corrected chi connectivity index (χ0v) is 35.5. The van der Waals surface area contributed by atoms with Crippen LogP contribution in [-0.4, -0.2) is 130 Å². The van der Waals surface area contributed by atoms with Gasteiger partial charge in [-0.2, -0.15) is 0 Å². The number of hydrogen-bond acceptors (Lipinski definition) is 14. The van der Waals surface area contributed by atoms with Crippen LogP contribution in [0.1, 0.15) is 106 Å². The van der Waals surface area contributed by atoms with Crippen LogP contribution in [0.2, 0.25) is 0 Å². The van der Waals surface area contributed by atoms with E-state index in [2.05, 4.69) is 33.8 Å². The molecule has 4 aliphatic carbocycles. The molecule has 7 N–H and O–H groups in total. The molecule has 0 bridgehead atoms. The maximum atomic E-state index is 12.6. The fourth-order valence-corrected chi connectivity index (χ4v) is 13.1. The summed E-state index contributed by atoms with van der Waals surface area (Å²) < 4.78 is 43.7. The number of carbonyl (C=O) groups excluding carboxylic acids is 1. The molecule has 0 radical (unpaired) electrons. The Balaban J connectivity index is 0.973. The predicted molar refractivity (Wildman–Crippen MR) is 208 cm³/mol. The summed E-state index contributed by atoms with van der Waals surface area (Å²) in [6, 6.07) is -0.877. The maximum absolute atomic E-state index is 12.6. The van der Waals surface area contributed by atoms with Crippen LogP contribution < -0.4 is 5.73 Å². The quantitative estimate of drug-likeness (QED) is 0.154. The smallest absolute Gasteiger partial charge is 0.323 e. The van der Waals surface area contributed by atoms with Crippen LogP contribution >= 0.6 is 0 Å². The molecule has 4 heterocycles. The number of aliphatic hydroxyl groups excluding tert-OH is 5. The first kappa shape index (κ1) is 43.4. The lowest BCUT2D eigenvalue weighted by Crippen LogP contribution is -2.64. The fourth-order valence-electron chi connectivity index (χ4n) is 13.1. The van der Waals surface area contributed by atoms with E-state index in [1.165, 1.54) is 25.3 Å². The second kappa shape index (κ2) is 16.1. The number of ether oxygens (including phenoxy) is 7. The van der Waals surface area contributed by atoms with Crippen molar-refractivity contribution in [2.75, 3.05) is 13.2 Å². The van der Waals surface area contributed by atoms with Crippen molar-refractivity contribution in [2.45, 2.75) is 192 Å². The van der Waals surface area contributed by atoms with Crippen molar-refractivity contribution >= 4 is 5.97 Å². The number of aliphatic hydroxyl groups is 5. The second-order valence-corrected chi connectivity index (χ2v) is 20.5. The summed E-state index contributed by atoms with van der Waals surface area (Å²) in [5.41, 5.74) is 7.59. The number of carbonyl (C=O) groups is 1. The van der Waals surface area contributed by atoms with E-state index >= 15 is 0 Å². The Hall–Kier alpha value is -1.27. The van der Waals surface area contributed by atoms with Crippen LogP contribution in [0.3, 0.4) is 0 Å². The maximum Gasteiger partial charge on any atom is 0.323 e. The lowest BCUT2D eigenvalue weighted by atomic mass is 9.47. The average Bonchev–Trinajstić information content (AvgIpc) is 3.64. The zero-order chi connectivity index (χ0) is 41.6. The summed E-state index contributed by atoms with van der Waals surface area (Å²) in [7, 11) is 0. The van der Waals surface area contributed by atoms with E-state index in [4.69, 9.17) is 38.9 Å². The molecule has 0 aromatic carbocycles. The first-order chi connectivity index (χ1) is 27.4. The molecule has 0 amide bonds. The highest BCUT2D eigenvalue weighted by Gasteiger charge is 2.69. The molecule has 8 rings (SSSR count). The van der Waals surface area contributed by atoms with Crippen molar-refractivity contribution in [3.05, 3.63) is 11.6 Å². The highest BCUT2D eigenvalue weighted by atomic mass is 16.8. The lowest BCUT2D eigenvalue weighted by molar-refractivity contribution is -0.370. The van der Waals surface area contributed by atoms with E-state index in [9.17, 15) is 30.3 Å². The van der Waals surface area contributed by atoms with E-state index < -0.39 is 79.2 Å². The minimum absolute atomic E-state index is 0.0101. The van der Waals surface area contributed by atoms with E-state index in [0.29, 0.717) is 41.9 Å². The third kappa shape index (κ3) is 7.24. The Morgan fingerprint density at radius 1 is 0.897 bits per heavy atom. The van der Waals surface area contributed by atoms with E-state index in [-0.39, 0.29) is 35.6 Å². The van der Waals surface area contributed by atoms with Crippen molar-refractivity contribution in [2.24, 2.45) is 58.0 Å². The highest BCUT2D eigenvalue weighted by Crippen LogP contribution is 2.70. The lowest BCUT2D eigenvalue weighted by Gasteiger charge is -2.58. The van der Waals surface area contributed by atoms with Crippen LogP contribution in [0.5, 0.6) is 0 Å². The first-order valence-corrected chi connectivity index (χ1v) is 22.3. The monoisotopic (exact) mass is 821 g/mol. The number of allylic oxidation sites excluding steroid dienone is 1. The predicted octanol–water partition coefficient (Wildman–Crippen LogP) is 2.92. The van der Waals surface area contributed by atoms with Crippen LogP contribution in [0, 0.1) is 52.3 Å². The second-order valence-electron chi connectivity index (χ2n) is 20.5. The highest BCUT2D eigenvalue weighted by molar-refractivity contribution is 5.75. The molecule has 1 spiro atoms. The van der Waals surface area contributed by atoms with Gasteiger partial charge in [-0.25, -0.2) is 0 Å². The summed E-state index contributed by atoms with van der Waals surface area (Å²) in [6.07, 6.45) is -2.63. The molecular weight excluding hydrogens is 750 g/mol. The van der Waals surface area contributed by atoms with Gasteiger partial charge in [0.05, 0.1) is 24.9 Å². The summed E-state index contributed by atoms with van der Waals surface area (Å²) in [6.45, 7) is 15.2. The molecule has 8 aliphatic rings. The number of esters is 1. The van der Waals surface area contributed by atoms with Crippen molar-refractivity contribution in [3.63, 3.8) is 0 Å². The van der Waals surface area contributed by atoms with Crippen LogP contribution in [0.25, 0.3) is 0 Å². The van der Waals surface area contributed by atoms with Crippen LogP contribution in [0.15, 0.2) is 11.6 Å². The third-order valence-electron chi connectivity index (χ3n) is 16.8. The Kier molecular flexibility index (Phi) is 12.1. The molecule has 7 fully saturated rings. The minimum Gasteiger partial charge on any atom is -0.462 e. The molecule has 5 unspecified atom stereocenters. The molecule has 14 nitrogen and oxygen atoms in total. The minimum atomic E-state index is -1.65.